The first-order valence-electron chi connectivity index (χ1n) is 8.74. The summed E-state index contributed by atoms with van der Waals surface area (Å²) in [6.45, 7) is 0.710. The van der Waals surface area contributed by atoms with Crippen LogP contribution in [-0.2, 0) is 16.3 Å². The lowest BCUT2D eigenvalue weighted by molar-refractivity contribution is -0.137. The van der Waals surface area contributed by atoms with E-state index in [4.69, 9.17) is 9.26 Å². The Balaban J connectivity index is 1.79. The third kappa shape index (κ3) is 3.40. The maximum Gasteiger partial charge on any atom is 0.416 e. The van der Waals surface area contributed by atoms with E-state index in [9.17, 15) is 17.6 Å². The van der Waals surface area contributed by atoms with Gasteiger partial charge in [-0.1, -0.05) is 35.5 Å². The number of ether oxygens (including phenoxy) is 1. The minimum atomic E-state index is -4.45. The third-order valence-corrected chi connectivity index (χ3v) is 5.01. The highest BCUT2D eigenvalue weighted by Gasteiger charge is 2.43. The van der Waals surface area contributed by atoms with E-state index < -0.39 is 23.0 Å². The van der Waals surface area contributed by atoms with Gasteiger partial charge in [-0.15, -0.1) is 0 Å². The number of hydrogen-bond acceptors (Lipinski definition) is 4. The fraction of sp³-hybridized carbons (Fsp3) is 0.300. The van der Waals surface area contributed by atoms with Crippen molar-refractivity contribution in [2.75, 3.05) is 13.2 Å². The van der Waals surface area contributed by atoms with E-state index >= 15 is 0 Å². The SMILES string of the molecule is Fc1cccc(-c2noc(C3(c4cccc(C(F)(F)F)c4)CCOCC3)n2)c1. The van der Waals surface area contributed by atoms with Gasteiger partial charge in [0.25, 0.3) is 0 Å². The van der Waals surface area contributed by atoms with Gasteiger partial charge in [-0.05, 0) is 36.6 Å². The molecule has 0 aliphatic carbocycles. The molecule has 146 valence electrons. The topological polar surface area (TPSA) is 48.2 Å². The van der Waals surface area contributed by atoms with Gasteiger partial charge in [0.05, 0.1) is 11.0 Å². The van der Waals surface area contributed by atoms with Crippen LogP contribution in [0.25, 0.3) is 11.4 Å². The van der Waals surface area contributed by atoms with Gasteiger partial charge in [-0.25, -0.2) is 4.39 Å². The summed E-state index contributed by atoms with van der Waals surface area (Å²) < 4.78 is 64.0. The van der Waals surface area contributed by atoms with Crippen molar-refractivity contribution in [3.63, 3.8) is 0 Å². The van der Waals surface area contributed by atoms with Crippen molar-refractivity contribution in [1.29, 1.82) is 0 Å². The van der Waals surface area contributed by atoms with Crippen molar-refractivity contribution in [2.45, 2.75) is 24.4 Å². The molecular weight excluding hydrogens is 376 g/mol. The van der Waals surface area contributed by atoms with E-state index in [1.807, 2.05) is 0 Å². The summed E-state index contributed by atoms with van der Waals surface area (Å²) in [7, 11) is 0. The molecule has 0 unspecified atom stereocenters. The van der Waals surface area contributed by atoms with E-state index in [0.29, 0.717) is 37.2 Å². The average molecular weight is 392 g/mol. The van der Waals surface area contributed by atoms with Gasteiger partial charge < -0.3 is 9.26 Å². The molecule has 28 heavy (non-hydrogen) atoms. The van der Waals surface area contributed by atoms with Crippen molar-refractivity contribution in [1.82, 2.24) is 10.1 Å². The quantitative estimate of drug-likeness (QED) is 0.589. The Hall–Kier alpha value is -2.74. The van der Waals surface area contributed by atoms with Gasteiger partial charge >= 0.3 is 6.18 Å². The van der Waals surface area contributed by atoms with Crippen molar-refractivity contribution in [3.05, 3.63) is 71.4 Å². The summed E-state index contributed by atoms with van der Waals surface area (Å²) in [6.07, 6.45) is -3.65. The molecule has 0 atom stereocenters. The number of aromatic nitrogens is 2. The second kappa shape index (κ2) is 7.01. The van der Waals surface area contributed by atoms with E-state index in [2.05, 4.69) is 10.1 Å². The van der Waals surface area contributed by atoms with E-state index in [1.54, 1.807) is 12.1 Å². The van der Waals surface area contributed by atoms with Gasteiger partial charge in [-0.3, -0.25) is 0 Å². The van der Waals surface area contributed by atoms with Gasteiger partial charge in [0.2, 0.25) is 11.7 Å². The molecular formula is C20H16F4N2O2. The number of nitrogens with zero attached hydrogens (tertiary/aromatic N) is 2. The zero-order chi connectivity index (χ0) is 19.8. The van der Waals surface area contributed by atoms with E-state index in [-0.39, 0.29) is 11.7 Å². The van der Waals surface area contributed by atoms with E-state index in [1.165, 1.54) is 24.3 Å². The van der Waals surface area contributed by atoms with Gasteiger partial charge in [0.15, 0.2) is 0 Å². The molecule has 4 nitrogen and oxygen atoms in total. The molecule has 0 spiro atoms. The van der Waals surface area contributed by atoms with Crippen LogP contribution in [0.1, 0.15) is 29.9 Å². The summed E-state index contributed by atoms with van der Waals surface area (Å²) in [6, 6.07) is 10.9. The summed E-state index contributed by atoms with van der Waals surface area (Å²) in [5, 5.41) is 3.93. The monoisotopic (exact) mass is 392 g/mol. The second-order valence-corrected chi connectivity index (χ2v) is 6.71. The molecule has 1 aliphatic rings. The predicted octanol–water partition coefficient (Wildman–Crippen LogP) is 4.99. The standard InChI is InChI=1S/C20H16F4N2O2/c21-16-6-1-3-13(11-16)17-25-18(28-26-17)19(7-9-27-10-8-19)14-4-2-5-15(12-14)20(22,23)24/h1-6,11-12H,7-10H2. The first-order valence-corrected chi connectivity index (χ1v) is 8.74. The molecule has 0 saturated carbocycles. The molecule has 1 saturated heterocycles. The van der Waals surface area contributed by atoms with E-state index in [0.717, 1.165) is 12.1 Å². The largest absolute Gasteiger partial charge is 0.416 e. The maximum atomic E-state index is 13.5. The van der Waals surface area contributed by atoms with Gasteiger partial charge in [0.1, 0.15) is 5.82 Å². The Bertz CT molecular complexity index is 978. The molecule has 0 bridgehead atoms. The molecule has 1 fully saturated rings. The molecule has 0 N–H and O–H groups in total. The highest BCUT2D eigenvalue weighted by atomic mass is 19.4. The Morgan fingerprint density at radius 1 is 0.964 bits per heavy atom. The first kappa shape index (κ1) is 18.6. The Morgan fingerprint density at radius 2 is 1.71 bits per heavy atom. The van der Waals surface area contributed by atoms with Crippen LogP contribution >= 0.6 is 0 Å². The lowest BCUT2D eigenvalue weighted by Gasteiger charge is -2.34. The molecule has 1 aromatic heterocycles. The first-order chi connectivity index (χ1) is 13.4. The molecule has 2 heterocycles. The molecule has 0 radical (unpaired) electrons. The number of alkyl halides is 3. The fourth-order valence-corrected chi connectivity index (χ4v) is 3.50. The number of benzene rings is 2. The van der Waals surface area contributed by atoms with Crippen LogP contribution in [0.15, 0.2) is 53.1 Å². The molecule has 3 aromatic rings. The minimum absolute atomic E-state index is 0.187. The highest BCUT2D eigenvalue weighted by molar-refractivity contribution is 5.54. The molecule has 0 amide bonds. The Morgan fingerprint density at radius 3 is 2.43 bits per heavy atom. The lowest BCUT2D eigenvalue weighted by atomic mass is 9.73. The van der Waals surface area contributed by atoms with Crippen LogP contribution in [0.5, 0.6) is 0 Å². The highest BCUT2D eigenvalue weighted by Crippen LogP contribution is 2.42. The normalized spacial score (nSPS) is 16.9. The number of hydrogen-bond donors (Lipinski definition) is 0. The average Bonchev–Trinajstić information content (AvgIpc) is 3.19. The van der Waals surface area contributed by atoms with Crippen molar-refractivity contribution in [3.8, 4) is 11.4 Å². The molecule has 4 rings (SSSR count). The van der Waals surface area contributed by atoms with Gasteiger partial charge in [0, 0.05) is 18.8 Å². The smallest absolute Gasteiger partial charge is 0.381 e. The van der Waals surface area contributed by atoms with Crippen molar-refractivity contribution >= 4 is 0 Å². The predicted molar refractivity (Wildman–Crippen MR) is 92.0 cm³/mol. The van der Waals surface area contributed by atoms with Crippen LogP contribution in [-0.4, -0.2) is 23.4 Å². The fourth-order valence-electron chi connectivity index (χ4n) is 3.50. The zero-order valence-electron chi connectivity index (χ0n) is 14.7. The number of halogens is 4. The van der Waals surface area contributed by atoms with Crippen LogP contribution in [0.4, 0.5) is 17.6 Å². The third-order valence-electron chi connectivity index (χ3n) is 5.01. The van der Waals surface area contributed by atoms with Crippen LogP contribution in [0.3, 0.4) is 0 Å². The maximum absolute atomic E-state index is 13.5. The lowest BCUT2D eigenvalue weighted by Crippen LogP contribution is -2.35. The van der Waals surface area contributed by atoms with Crippen LogP contribution < -0.4 is 0 Å². The summed E-state index contributed by atoms with van der Waals surface area (Å²) >= 11 is 0. The zero-order valence-corrected chi connectivity index (χ0v) is 14.7. The van der Waals surface area contributed by atoms with Crippen LogP contribution in [0, 0.1) is 5.82 Å². The Labute approximate surface area is 158 Å². The summed E-state index contributed by atoms with van der Waals surface area (Å²) in [5.41, 5.74) is -0.750. The summed E-state index contributed by atoms with van der Waals surface area (Å²) in [4.78, 5) is 4.40. The summed E-state index contributed by atoms with van der Waals surface area (Å²) in [5.74, 6) is -0.0516. The number of rotatable bonds is 3. The van der Waals surface area contributed by atoms with Crippen LogP contribution in [0.2, 0.25) is 0 Å². The van der Waals surface area contributed by atoms with Gasteiger partial charge in [-0.2, -0.15) is 18.2 Å². The molecule has 2 aromatic carbocycles. The molecule has 1 aliphatic heterocycles. The second-order valence-electron chi connectivity index (χ2n) is 6.71. The Kier molecular flexibility index (Phi) is 4.66. The van der Waals surface area contributed by atoms with Crippen molar-refractivity contribution < 1.29 is 26.8 Å². The van der Waals surface area contributed by atoms with Crippen molar-refractivity contribution in [2.24, 2.45) is 0 Å². The molecule has 8 heteroatoms. The minimum Gasteiger partial charge on any atom is -0.381 e.